The van der Waals surface area contributed by atoms with Gasteiger partial charge in [0.05, 0.1) is 13.2 Å². The number of hydrogen-bond acceptors (Lipinski definition) is 7. The first-order chi connectivity index (χ1) is 12.2. The summed E-state index contributed by atoms with van der Waals surface area (Å²) < 4.78 is 18.1. The number of aromatic nitrogens is 4. The van der Waals surface area contributed by atoms with Crippen molar-refractivity contribution in [2.24, 2.45) is 0 Å². The zero-order valence-electron chi connectivity index (χ0n) is 14.1. The molecule has 3 rings (SSSR count). The van der Waals surface area contributed by atoms with Crippen LogP contribution in [0, 0.1) is 0 Å². The van der Waals surface area contributed by atoms with E-state index in [0.29, 0.717) is 24.7 Å². The van der Waals surface area contributed by atoms with Crippen molar-refractivity contribution in [2.75, 3.05) is 20.3 Å². The molecule has 2 heterocycles. The highest BCUT2D eigenvalue weighted by Crippen LogP contribution is 2.28. The second-order valence-corrected chi connectivity index (χ2v) is 5.72. The fourth-order valence-electron chi connectivity index (χ4n) is 2.56. The minimum Gasteiger partial charge on any atom is -0.493 e. The third kappa shape index (κ3) is 4.90. The van der Waals surface area contributed by atoms with E-state index in [4.69, 9.17) is 14.2 Å². The van der Waals surface area contributed by atoms with Gasteiger partial charge in [-0.3, -0.25) is 4.79 Å². The Kier molecular flexibility index (Phi) is 5.78. The van der Waals surface area contributed by atoms with Gasteiger partial charge in [-0.05, 0) is 41.0 Å². The molecule has 0 saturated carbocycles. The summed E-state index contributed by atoms with van der Waals surface area (Å²) in [6.45, 7) is 1.77. The molecule has 1 aliphatic rings. The van der Waals surface area contributed by atoms with Crippen molar-refractivity contribution in [3.05, 3.63) is 30.1 Å². The number of benzene rings is 1. The molecule has 1 N–H and O–H groups in total. The van der Waals surface area contributed by atoms with Gasteiger partial charge in [0.2, 0.25) is 5.91 Å². The molecule has 1 atom stereocenters. The zero-order chi connectivity index (χ0) is 17.5. The second kappa shape index (κ2) is 8.43. The zero-order valence-corrected chi connectivity index (χ0v) is 14.1. The molecule has 1 aromatic carbocycles. The molecule has 0 spiro atoms. The van der Waals surface area contributed by atoms with Gasteiger partial charge in [-0.1, -0.05) is 6.07 Å². The van der Waals surface area contributed by atoms with E-state index in [0.717, 1.165) is 25.0 Å². The van der Waals surface area contributed by atoms with Crippen molar-refractivity contribution < 1.29 is 19.0 Å². The number of nitrogens with one attached hydrogen (secondary N) is 1. The van der Waals surface area contributed by atoms with E-state index in [2.05, 4.69) is 20.8 Å². The number of ether oxygens (including phenoxy) is 3. The predicted molar refractivity (Wildman–Crippen MR) is 87.1 cm³/mol. The first kappa shape index (κ1) is 17.2. The normalized spacial score (nSPS) is 16.6. The minimum atomic E-state index is -0.176. The molecule has 9 heteroatoms. The largest absolute Gasteiger partial charge is 0.493 e. The number of carbonyl (C=O) groups excluding carboxylic acids is 1. The van der Waals surface area contributed by atoms with Crippen LogP contribution in [-0.2, 0) is 22.6 Å². The van der Waals surface area contributed by atoms with Crippen molar-refractivity contribution >= 4 is 5.91 Å². The maximum atomic E-state index is 11.9. The van der Waals surface area contributed by atoms with Crippen molar-refractivity contribution in [3.63, 3.8) is 0 Å². The quantitative estimate of drug-likeness (QED) is 0.744. The molecule has 0 bridgehead atoms. The van der Waals surface area contributed by atoms with Gasteiger partial charge in [-0.2, -0.15) is 0 Å². The number of rotatable bonds is 8. The highest BCUT2D eigenvalue weighted by molar-refractivity contribution is 5.75. The van der Waals surface area contributed by atoms with Crippen LogP contribution in [0.1, 0.15) is 18.4 Å². The first-order valence-electron chi connectivity index (χ1n) is 8.13. The van der Waals surface area contributed by atoms with Crippen molar-refractivity contribution in [3.8, 4) is 11.5 Å². The number of carbonyl (C=O) groups is 1. The van der Waals surface area contributed by atoms with Gasteiger partial charge in [-0.15, -0.1) is 5.10 Å². The van der Waals surface area contributed by atoms with Crippen LogP contribution in [0.25, 0.3) is 0 Å². The van der Waals surface area contributed by atoms with Crippen molar-refractivity contribution in [2.45, 2.75) is 32.0 Å². The summed E-state index contributed by atoms with van der Waals surface area (Å²) in [6.07, 6.45) is 3.64. The third-order valence-electron chi connectivity index (χ3n) is 3.86. The minimum absolute atomic E-state index is 0.0761. The number of hydrogen-bond donors (Lipinski definition) is 1. The highest BCUT2D eigenvalue weighted by Gasteiger charge is 2.17. The molecule has 2 aromatic rings. The topological polar surface area (TPSA) is 100 Å². The molecule has 1 aliphatic heterocycles. The molecule has 1 fully saturated rings. The number of amides is 1. The second-order valence-electron chi connectivity index (χ2n) is 5.72. The number of nitrogens with zero attached hydrogens (tertiary/aromatic N) is 4. The Morgan fingerprint density at radius 1 is 1.44 bits per heavy atom. The Labute approximate surface area is 145 Å². The smallest absolute Gasteiger partial charge is 0.242 e. The average Bonchev–Trinajstić information content (AvgIpc) is 3.32. The van der Waals surface area contributed by atoms with Gasteiger partial charge in [0.25, 0.3) is 0 Å². The molecule has 9 nitrogen and oxygen atoms in total. The maximum absolute atomic E-state index is 11.9. The molecule has 134 valence electrons. The van der Waals surface area contributed by atoms with Gasteiger partial charge >= 0.3 is 0 Å². The first-order valence-corrected chi connectivity index (χ1v) is 8.13. The summed E-state index contributed by atoms with van der Waals surface area (Å²) in [5, 5.41) is 13.4. The van der Waals surface area contributed by atoms with Crippen molar-refractivity contribution in [1.29, 1.82) is 0 Å². The monoisotopic (exact) mass is 347 g/mol. The molecule has 1 amide bonds. The van der Waals surface area contributed by atoms with Crippen molar-refractivity contribution in [1.82, 2.24) is 25.5 Å². The summed E-state index contributed by atoms with van der Waals surface area (Å²) in [7, 11) is 1.59. The Hall–Kier alpha value is -2.68. The average molecular weight is 347 g/mol. The molecule has 0 radical (unpaired) electrons. The fraction of sp³-hybridized carbons (Fsp3) is 0.500. The van der Waals surface area contributed by atoms with Crippen LogP contribution < -0.4 is 14.8 Å². The van der Waals surface area contributed by atoms with E-state index in [9.17, 15) is 4.79 Å². The summed E-state index contributed by atoms with van der Waals surface area (Å²) in [4.78, 5) is 11.9. The molecule has 0 aliphatic carbocycles. The van der Waals surface area contributed by atoms with E-state index in [-0.39, 0.29) is 18.6 Å². The van der Waals surface area contributed by atoms with E-state index in [1.165, 1.54) is 11.0 Å². The van der Waals surface area contributed by atoms with Crippen LogP contribution in [0.3, 0.4) is 0 Å². The predicted octanol–water partition coefficient (Wildman–Crippen LogP) is 0.556. The lowest BCUT2D eigenvalue weighted by molar-refractivity contribution is -0.122. The third-order valence-corrected chi connectivity index (χ3v) is 3.86. The van der Waals surface area contributed by atoms with Gasteiger partial charge in [-0.25, -0.2) is 4.68 Å². The summed E-state index contributed by atoms with van der Waals surface area (Å²) >= 11 is 0. The van der Waals surface area contributed by atoms with Crippen LogP contribution in [0.2, 0.25) is 0 Å². The van der Waals surface area contributed by atoms with Crippen LogP contribution in [0.4, 0.5) is 0 Å². The summed E-state index contributed by atoms with van der Waals surface area (Å²) in [5.41, 5.74) is 0.909. The molecule has 25 heavy (non-hydrogen) atoms. The van der Waals surface area contributed by atoms with Crippen LogP contribution in [-0.4, -0.2) is 52.5 Å². The van der Waals surface area contributed by atoms with E-state index in [1.54, 1.807) is 7.11 Å². The Balaban J connectivity index is 1.52. The standard InChI is InChI=1S/C16H21N5O4/c1-23-15-7-12(8-17-16(22)9-21-11-18-19-20-21)4-5-14(15)25-10-13-3-2-6-24-13/h4-5,7,11,13H,2-3,6,8-10H2,1H3,(H,17,22). The Bertz CT molecular complexity index is 686. The molecular formula is C16H21N5O4. The van der Waals surface area contributed by atoms with E-state index in [1.807, 2.05) is 18.2 Å². The molecule has 1 aromatic heterocycles. The maximum Gasteiger partial charge on any atom is 0.242 e. The van der Waals surface area contributed by atoms with Crippen LogP contribution in [0.5, 0.6) is 11.5 Å². The lowest BCUT2D eigenvalue weighted by Crippen LogP contribution is -2.27. The summed E-state index contributed by atoms with van der Waals surface area (Å²) in [6, 6.07) is 5.59. The lowest BCUT2D eigenvalue weighted by Gasteiger charge is -2.15. The van der Waals surface area contributed by atoms with E-state index >= 15 is 0 Å². The van der Waals surface area contributed by atoms with Crippen LogP contribution in [0.15, 0.2) is 24.5 Å². The van der Waals surface area contributed by atoms with Gasteiger partial charge in [0.1, 0.15) is 19.5 Å². The van der Waals surface area contributed by atoms with Gasteiger partial charge in [0, 0.05) is 13.2 Å². The SMILES string of the molecule is COc1cc(CNC(=O)Cn2cnnn2)ccc1OCC1CCCO1. The summed E-state index contributed by atoms with van der Waals surface area (Å²) in [5.74, 6) is 1.12. The van der Waals surface area contributed by atoms with Crippen LogP contribution >= 0.6 is 0 Å². The fourth-order valence-corrected chi connectivity index (χ4v) is 2.56. The molecule has 1 saturated heterocycles. The Morgan fingerprint density at radius 3 is 3.08 bits per heavy atom. The molecular weight excluding hydrogens is 326 g/mol. The van der Waals surface area contributed by atoms with Gasteiger partial charge in [0.15, 0.2) is 11.5 Å². The highest BCUT2D eigenvalue weighted by atomic mass is 16.5. The van der Waals surface area contributed by atoms with Gasteiger partial charge < -0.3 is 19.5 Å². The number of tetrazole rings is 1. The molecule has 1 unspecified atom stereocenters. The number of methoxy groups -OCH3 is 1. The van der Waals surface area contributed by atoms with E-state index < -0.39 is 0 Å². The lowest BCUT2D eigenvalue weighted by atomic mass is 10.2. The Morgan fingerprint density at radius 2 is 2.36 bits per heavy atom.